The van der Waals surface area contributed by atoms with E-state index in [2.05, 4.69) is 84.9 Å². The van der Waals surface area contributed by atoms with Crippen molar-refractivity contribution in [2.75, 3.05) is 7.11 Å². The van der Waals surface area contributed by atoms with Gasteiger partial charge in [-0.1, -0.05) is 48.5 Å². The van der Waals surface area contributed by atoms with Crippen LogP contribution >= 0.6 is 11.3 Å². The lowest BCUT2D eigenvalue weighted by molar-refractivity contribution is 0.415. The molecule has 0 aliphatic carbocycles. The minimum atomic E-state index is 0.874. The molecule has 0 unspecified atom stereocenters. The van der Waals surface area contributed by atoms with Gasteiger partial charge in [-0.3, -0.25) is 0 Å². The van der Waals surface area contributed by atoms with E-state index in [-0.39, 0.29) is 0 Å². The van der Waals surface area contributed by atoms with Gasteiger partial charge >= 0.3 is 0 Å². The van der Waals surface area contributed by atoms with Crippen molar-refractivity contribution in [1.82, 2.24) is 0 Å². The van der Waals surface area contributed by atoms with E-state index in [1.807, 2.05) is 23.5 Å². The van der Waals surface area contributed by atoms with Crippen LogP contribution in [0.3, 0.4) is 0 Å². The Morgan fingerprint density at radius 3 is 1.50 bits per heavy atom. The number of hydrogen-bond acceptors (Lipinski definition) is 1. The van der Waals surface area contributed by atoms with Crippen molar-refractivity contribution in [3.63, 3.8) is 0 Å². The van der Waals surface area contributed by atoms with Gasteiger partial charge in [-0.2, -0.15) is 0 Å². The monoisotopic (exact) mass is 355 g/mol. The minimum Gasteiger partial charge on any atom is -0.497 e. The molecule has 2 heteroatoms. The molecule has 0 atom stereocenters. The van der Waals surface area contributed by atoms with E-state index in [0.29, 0.717) is 0 Å². The third-order valence-corrected chi connectivity index (χ3v) is 5.48. The van der Waals surface area contributed by atoms with Gasteiger partial charge in [0.15, 0.2) is 0 Å². The molecule has 0 fully saturated rings. The number of rotatable bonds is 4. The summed E-state index contributed by atoms with van der Waals surface area (Å²) < 4.78 is 5.29. The minimum absolute atomic E-state index is 0.874. The van der Waals surface area contributed by atoms with Gasteiger partial charge in [0.2, 0.25) is 21.1 Å². The van der Waals surface area contributed by atoms with E-state index in [0.717, 1.165) is 5.75 Å². The van der Waals surface area contributed by atoms with Crippen LogP contribution in [0, 0.1) is 0 Å². The van der Waals surface area contributed by atoms with Crippen LogP contribution in [0.15, 0.2) is 97.1 Å². The summed E-state index contributed by atoms with van der Waals surface area (Å²) in [5.41, 5.74) is 4.88. The van der Waals surface area contributed by atoms with Crippen LogP contribution in [-0.4, -0.2) is 7.11 Å². The Kier molecular flexibility index (Phi) is 4.76. The van der Waals surface area contributed by atoms with E-state index in [1.165, 1.54) is 32.0 Å². The molecule has 0 aliphatic rings. The summed E-state index contributed by atoms with van der Waals surface area (Å²) in [6, 6.07) is 33.9. The van der Waals surface area contributed by atoms with Crippen molar-refractivity contribution in [2.45, 2.75) is 0 Å². The quantitative estimate of drug-likeness (QED) is 0.357. The average Bonchev–Trinajstić information content (AvgIpc) is 2.75. The first-order valence-electron chi connectivity index (χ1n) is 8.57. The first-order valence-corrected chi connectivity index (χ1v) is 9.38. The number of methoxy groups -OCH3 is 1. The van der Waals surface area contributed by atoms with Crippen molar-refractivity contribution in [2.24, 2.45) is 0 Å². The largest absolute Gasteiger partial charge is 0.497 e. The topological polar surface area (TPSA) is 9.23 Å². The molecule has 1 heterocycles. The van der Waals surface area contributed by atoms with Gasteiger partial charge in [-0.05, 0) is 47.5 Å². The Morgan fingerprint density at radius 2 is 1.04 bits per heavy atom. The standard InChI is InChI=1S/C24H19OS/c1-25-22-14-12-18(13-15-22)21-16-23(19-8-4-2-5-9-19)26-24(17-21)20-10-6-3-7-11-20/h2-17H,1H3/q+1. The zero-order valence-electron chi connectivity index (χ0n) is 14.6. The Labute approximate surface area is 158 Å². The Balaban J connectivity index is 1.87. The maximum atomic E-state index is 5.29. The van der Waals surface area contributed by atoms with Crippen LogP contribution in [0.4, 0.5) is 0 Å². The molecule has 4 rings (SSSR count). The summed E-state index contributed by atoms with van der Waals surface area (Å²) >= 11 is 1.82. The third-order valence-electron chi connectivity index (χ3n) is 4.33. The molecular formula is C24H19OS+. The molecule has 0 radical (unpaired) electrons. The van der Waals surface area contributed by atoms with E-state index in [4.69, 9.17) is 4.74 Å². The highest BCUT2D eigenvalue weighted by Crippen LogP contribution is 2.37. The summed E-state index contributed by atoms with van der Waals surface area (Å²) in [5.74, 6) is 0.874. The molecule has 0 spiro atoms. The number of benzene rings is 3. The summed E-state index contributed by atoms with van der Waals surface area (Å²) in [4.78, 5) is 2.52. The first-order chi connectivity index (χ1) is 12.8. The molecule has 0 bridgehead atoms. The molecule has 4 aromatic rings. The van der Waals surface area contributed by atoms with E-state index >= 15 is 0 Å². The second-order valence-electron chi connectivity index (χ2n) is 6.04. The van der Waals surface area contributed by atoms with Gasteiger partial charge in [0.05, 0.1) is 7.11 Å². The number of hydrogen-bond donors (Lipinski definition) is 0. The van der Waals surface area contributed by atoms with Gasteiger partial charge in [-0.15, -0.1) is 0 Å². The Hall–Kier alpha value is -2.97. The zero-order valence-corrected chi connectivity index (χ0v) is 15.4. The van der Waals surface area contributed by atoms with Crippen molar-refractivity contribution < 1.29 is 4.74 Å². The van der Waals surface area contributed by atoms with E-state index < -0.39 is 0 Å². The smallest absolute Gasteiger partial charge is 0.239 e. The SMILES string of the molecule is COc1ccc(-c2cc(-c3ccccc3)[s+]c(-c3ccccc3)c2)cc1. The molecule has 1 nitrogen and oxygen atoms in total. The summed E-state index contributed by atoms with van der Waals surface area (Å²) in [6.45, 7) is 0. The fraction of sp³-hybridized carbons (Fsp3) is 0.0417. The average molecular weight is 355 g/mol. The second-order valence-corrected chi connectivity index (χ2v) is 7.12. The molecule has 26 heavy (non-hydrogen) atoms. The molecule has 0 amide bonds. The van der Waals surface area contributed by atoms with Crippen molar-refractivity contribution in [3.05, 3.63) is 97.1 Å². The zero-order chi connectivity index (χ0) is 17.8. The molecule has 0 saturated carbocycles. The molecule has 1 aromatic heterocycles. The molecular weight excluding hydrogens is 336 g/mol. The summed E-state index contributed by atoms with van der Waals surface area (Å²) in [5, 5.41) is 0. The Morgan fingerprint density at radius 1 is 0.538 bits per heavy atom. The first kappa shape index (κ1) is 16.5. The van der Waals surface area contributed by atoms with Gasteiger partial charge < -0.3 is 4.74 Å². The molecule has 3 aromatic carbocycles. The van der Waals surface area contributed by atoms with Crippen molar-refractivity contribution in [1.29, 1.82) is 0 Å². The molecule has 0 saturated heterocycles. The molecule has 126 valence electrons. The number of ether oxygens (including phenoxy) is 1. The van der Waals surface area contributed by atoms with Crippen LogP contribution in [0.1, 0.15) is 0 Å². The van der Waals surface area contributed by atoms with Gasteiger partial charge in [0.25, 0.3) is 0 Å². The van der Waals surface area contributed by atoms with Crippen molar-refractivity contribution in [3.8, 4) is 37.8 Å². The maximum Gasteiger partial charge on any atom is 0.239 e. The fourth-order valence-corrected chi connectivity index (χ4v) is 4.06. The third kappa shape index (κ3) is 3.51. The van der Waals surface area contributed by atoms with Gasteiger partial charge in [0.1, 0.15) is 5.75 Å². The summed E-state index contributed by atoms with van der Waals surface area (Å²) in [7, 11) is 1.69. The highest BCUT2D eigenvalue weighted by molar-refractivity contribution is 7.18. The van der Waals surface area contributed by atoms with Crippen molar-refractivity contribution >= 4 is 11.3 Å². The van der Waals surface area contributed by atoms with E-state index in [9.17, 15) is 0 Å². The fourth-order valence-electron chi connectivity index (χ4n) is 2.94. The lowest BCUT2D eigenvalue weighted by atomic mass is 10.0. The van der Waals surface area contributed by atoms with Crippen LogP contribution in [0.2, 0.25) is 0 Å². The van der Waals surface area contributed by atoms with Crippen LogP contribution in [0.5, 0.6) is 5.75 Å². The summed E-state index contributed by atoms with van der Waals surface area (Å²) in [6.07, 6.45) is 0. The van der Waals surface area contributed by atoms with E-state index in [1.54, 1.807) is 7.11 Å². The highest BCUT2D eigenvalue weighted by atomic mass is 32.1. The normalized spacial score (nSPS) is 10.5. The van der Waals surface area contributed by atoms with Crippen LogP contribution in [-0.2, 0) is 0 Å². The van der Waals surface area contributed by atoms with Gasteiger partial charge in [0, 0.05) is 23.3 Å². The lowest BCUT2D eigenvalue weighted by Gasteiger charge is -2.05. The van der Waals surface area contributed by atoms with Gasteiger partial charge in [-0.25, -0.2) is 0 Å². The lowest BCUT2D eigenvalue weighted by Crippen LogP contribution is -1.85. The van der Waals surface area contributed by atoms with Crippen LogP contribution < -0.4 is 4.74 Å². The highest BCUT2D eigenvalue weighted by Gasteiger charge is 2.19. The molecule has 0 N–H and O–H groups in total. The second kappa shape index (κ2) is 7.51. The Bertz CT molecular complexity index is 936. The predicted octanol–water partition coefficient (Wildman–Crippen LogP) is 7.04. The maximum absolute atomic E-state index is 5.29. The predicted molar refractivity (Wildman–Crippen MR) is 112 cm³/mol. The van der Waals surface area contributed by atoms with Crippen LogP contribution in [0.25, 0.3) is 32.0 Å². The molecule has 0 aliphatic heterocycles.